The Morgan fingerprint density at radius 1 is 1.57 bits per heavy atom. The van der Waals surface area contributed by atoms with Gasteiger partial charge in [0.05, 0.1) is 0 Å². The summed E-state index contributed by atoms with van der Waals surface area (Å²) in [5.74, 6) is -0.758. The molecular formula is C10H5ClFNO. The van der Waals surface area contributed by atoms with E-state index in [1.807, 2.05) is 0 Å². The smallest absolute Gasteiger partial charge is 0.261 e. The third kappa shape index (κ3) is 1.11. The SMILES string of the molecule is N#CC1(F)Cc2cc(Cl)ccc2C1=O. The molecule has 0 saturated carbocycles. The zero-order valence-electron chi connectivity index (χ0n) is 7.05. The molecule has 1 aliphatic rings. The fraction of sp³-hybridized carbons (Fsp3) is 0.200. The Bertz CT molecular complexity index is 466. The van der Waals surface area contributed by atoms with E-state index in [0.29, 0.717) is 10.6 Å². The standard InChI is InChI=1S/C10H5ClFNO/c11-7-1-2-8-6(3-7)4-10(12,5-13)9(8)14/h1-3H,4H2. The molecule has 4 heteroatoms. The summed E-state index contributed by atoms with van der Waals surface area (Å²) >= 11 is 5.69. The summed E-state index contributed by atoms with van der Waals surface area (Å²) in [7, 11) is 0. The zero-order valence-corrected chi connectivity index (χ0v) is 7.81. The Kier molecular flexibility index (Phi) is 1.83. The minimum atomic E-state index is -2.40. The average molecular weight is 210 g/mol. The predicted octanol–water partition coefficient (Wildman–Crippen LogP) is 2.31. The van der Waals surface area contributed by atoms with Gasteiger partial charge in [0.15, 0.2) is 0 Å². The highest BCUT2D eigenvalue weighted by Crippen LogP contribution is 2.33. The van der Waals surface area contributed by atoms with Crippen molar-refractivity contribution in [2.45, 2.75) is 12.1 Å². The fourth-order valence-corrected chi connectivity index (χ4v) is 1.77. The van der Waals surface area contributed by atoms with Crippen LogP contribution in [0.4, 0.5) is 4.39 Å². The summed E-state index contributed by atoms with van der Waals surface area (Å²) in [5.41, 5.74) is -1.63. The quantitative estimate of drug-likeness (QED) is 0.658. The normalized spacial score (nSPS) is 24.5. The number of hydrogen-bond donors (Lipinski definition) is 0. The minimum Gasteiger partial charge on any atom is -0.289 e. The third-order valence-corrected chi connectivity index (χ3v) is 2.52. The molecule has 0 bridgehead atoms. The lowest BCUT2D eigenvalue weighted by Gasteiger charge is -2.04. The first kappa shape index (κ1) is 9.17. The molecular weight excluding hydrogens is 205 g/mol. The highest BCUT2D eigenvalue weighted by atomic mass is 35.5. The molecule has 1 aliphatic carbocycles. The number of nitriles is 1. The van der Waals surface area contributed by atoms with Gasteiger partial charge in [-0.1, -0.05) is 11.6 Å². The van der Waals surface area contributed by atoms with E-state index < -0.39 is 11.5 Å². The topological polar surface area (TPSA) is 40.9 Å². The lowest BCUT2D eigenvalue weighted by Crippen LogP contribution is -2.27. The molecule has 2 nitrogen and oxygen atoms in total. The van der Waals surface area contributed by atoms with Gasteiger partial charge in [-0.15, -0.1) is 0 Å². The van der Waals surface area contributed by atoms with E-state index in [9.17, 15) is 9.18 Å². The van der Waals surface area contributed by atoms with Crippen LogP contribution < -0.4 is 0 Å². The Hall–Kier alpha value is -1.40. The van der Waals surface area contributed by atoms with Gasteiger partial charge in [-0.25, -0.2) is 4.39 Å². The second-order valence-corrected chi connectivity index (χ2v) is 3.66. The van der Waals surface area contributed by atoms with Crippen molar-refractivity contribution in [3.8, 4) is 6.07 Å². The van der Waals surface area contributed by atoms with E-state index in [1.54, 1.807) is 0 Å². The van der Waals surface area contributed by atoms with Crippen LogP contribution in [0.3, 0.4) is 0 Å². The van der Waals surface area contributed by atoms with E-state index in [-0.39, 0.29) is 12.0 Å². The van der Waals surface area contributed by atoms with Crippen molar-refractivity contribution in [1.82, 2.24) is 0 Å². The maximum Gasteiger partial charge on any atom is 0.261 e. The van der Waals surface area contributed by atoms with Gasteiger partial charge in [-0.2, -0.15) is 5.26 Å². The predicted molar refractivity (Wildman–Crippen MR) is 48.9 cm³/mol. The lowest BCUT2D eigenvalue weighted by molar-refractivity contribution is 0.0820. The molecule has 0 amide bonds. The molecule has 0 aliphatic heterocycles. The van der Waals surface area contributed by atoms with Crippen LogP contribution in [0.1, 0.15) is 15.9 Å². The first-order valence-corrected chi connectivity index (χ1v) is 4.38. The molecule has 1 atom stereocenters. The van der Waals surface area contributed by atoms with Crippen molar-refractivity contribution in [2.24, 2.45) is 0 Å². The second kappa shape index (κ2) is 2.79. The average Bonchev–Trinajstić information content (AvgIpc) is 2.40. The molecule has 2 rings (SSSR count). The third-order valence-electron chi connectivity index (χ3n) is 2.28. The summed E-state index contributed by atoms with van der Waals surface area (Å²) in [4.78, 5) is 11.4. The van der Waals surface area contributed by atoms with Crippen molar-refractivity contribution in [3.63, 3.8) is 0 Å². The van der Waals surface area contributed by atoms with E-state index in [2.05, 4.69) is 0 Å². The van der Waals surface area contributed by atoms with Gasteiger partial charge in [0, 0.05) is 17.0 Å². The maximum atomic E-state index is 13.6. The maximum absolute atomic E-state index is 13.6. The number of benzene rings is 1. The molecule has 1 unspecified atom stereocenters. The van der Waals surface area contributed by atoms with Crippen LogP contribution in [0, 0.1) is 11.3 Å². The van der Waals surface area contributed by atoms with E-state index in [0.717, 1.165) is 0 Å². The first-order chi connectivity index (χ1) is 6.57. The minimum absolute atomic E-state index is 0.196. The molecule has 1 aromatic carbocycles. The van der Waals surface area contributed by atoms with Crippen molar-refractivity contribution < 1.29 is 9.18 Å². The zero-order chi connectivity index (χ0) is 10.3. The van der Waals surface area contributed by atoms with Gasteiger partial charge in [-0.3, -0.25) is 4.79 Å². The molecule has 14 heavy (non-hydrogen) atoms. The lowest BCUT2D eigenvalue weighted by atomic mass is 10.0. The number of rotatable bonds is 0. The highest BCUT2D eigenvalue weighted by molar-refractivity contribution is 6.31. The number of fused-ring (bicyclic) bond motifs is 1. The number of Topliss-reactive ketones (excluding diaryl/α,β-unsaturated/α-hetero) is 1. The number of nitrogens with zero attached hydrogens (tertiary/aromatic N) is 1. The number of carbonyl (C=O) groups is 1. The molecule has 0 spiro atoms. The van der Waals surface area contributed by atoms with Gasteiger partial charge in [0.1, 0.15) is 6.07 Å². The van der Waals surface area contributed by atoms with Gasteiger partial charge >= 0.3 is 0 Å². The summed E-state index contributed by atoms with van der Waals surface area (Å²) in [6.45, 7) is 0. The Balaban J connectivity index is 2.57. The van der Waals surface area contributed by atoms with Crippen molar-refractivity contribution in [3.05, 3.63) is 34.3 Å². The van der Waals surface area contributed by atoms with Crippen LogP contribution in [0.2, 0.25) is 5.02 Å². The van der Waals surface area contributed by atoms with Crippen LogP contribution in [0.5, 0.6) is 0 Å². The van der Waals surface area contributed by atoms with Gasteiger partial charge in [0.25, 0.3) is 5.67 Å². The number of hydrogen-bond acceptors (Lipinski definition) is 2. The molecule has 0 N–H and O–H groups in total. The van der Waals surface area contributed by atoms with Gasteiger partial charge in [0.2, 0.25) is 5.78 Å². The largest absolute Gasteiger partial charge is 0.289 e. The highest BCUT2D eigenvalue weighted by Gasteiger charge is 2.46. The molecule has 0 heterocycles. The molecule has 70 valence electrons. The Morgan fingerprint density at radius 2 is 2.29 bits per heavy atom. The van der Waals surface area contributed by atoms with Crippen molar-refractivity contribution in [1.29, 1.82) is 5.26 Å². The van der Waals surface area contributed by atoms with Gasteiger partial charge in [-0.05, 0) is 23.8 Å². The van der Waals surface area contributed by atoms with Crippen LogP contribution >= 0.6 is 11.6 Å². The molecule has 0 fully saturated rings. The molecule has 0 aromatic heterocycles. The van der Waals surface area contributed by atoms with Crippen LogP contribution in [0.25, 0.3) is 0 Å². The van der Waals surface area contributed by atoms with Crippen molar-refractivity contribution in [2.75, 3.05) is 0 Å². The van der Waals surface area contributed by atoms with Gasteiger partial charge < -0.3 is 0 Å². The number of ketones is 1. The number of carbonyl (C=O) groups excluding carboxylic acids is 1. The first-order valence-electron chi connectivity index (χ1n) is 4.00. The van der Waals surface area contributed by atoms with Crippen molar-refractivity contribution >= 4 is 17.4 Å². The molecule has 0 radical (unpaired) electrons. The summed E-state index contributed by atoms with van der Waals surface area (Å²) in [6, 6.07) is 5.89. The summed E-state index contributed by atoms with van der Waals surface area (Å²) in [5, 5.41) is 9.00. The van der Waals surface area contributed by atoms with Crippen LogP contribution in [-0.2, 0) is 6.42 Å². The van der Waals surface area contributed by atoms with Crippen LogP contribution in [0.15, 0.2) is 18.2 Å². The Morgan fingerprint density at radius 3 is 2.93 bits per heavy atom. The monoisotopic (exact) mass is 209 g/mol. The van der Waals surface area contributed by atoms with Crippen LogP contribution in [-0.4, -0.2) is 11.5 Å². The second-order valence-electron chi connectivity index (χ2n) is 3.22. The number of alkyl halides is 1. The van der Waals surface area contributed by atoms with E-state index in [1.165, 1.54) is 24.3 Å². The molecule has 1 aromatic rings. The summed E-state index contributed by atoms with van der Waals surface area (Å²) < 4.78 is 13.6. The fourth-order valence-electron chi connectivity index (χ4n) is 1.58. The summed E-state index contributed by atoms with van der Waals surface area (Å²) in [6.07, 6.45) is -0.196. The van der Waals surface area contributed by atoms with E-state index in [4.69, 9.17) is 16.9 Å². The Labute approximate surface area is 84.9 Å². The van der Waals surface area contributed by atoms with E-state index >= 15 is 0 Å². The molecule has 0 saturated heterocycles. The number of halogens is 2.